The Bertz CT molecular complexity index is 429. The lowest BCUT2D eigenvalue weighted by molar-refractivity contribution is -0.136. The summed E-state index contributed by atoms with van der Waals surface area (Å²) in [6.07, 6.45) is -3.52. The second kappa shape index (κ2) is 7.31. The summed E-state index contributed by atoms with van der Waals surface area (Å²) >= 11 is 6.13. The van der Waals surface area contributed by atoms with Gasteiger partial charge in [-0.3, -0.25) is 4.68 Å². The van der Waals surface area contributed by atoms with Crippen LogP contribution in [0.4, 0.5) is 13.2 Å². The number of rotatable bonds is 7. The molecule has 1 N–H and O–H groups in total. The van der Waals surface area contributed by atoms with Gasteiger partial charge in [0.2, 0.25) is 0 Å². The first-order valence-electron chi connectivity index (χ1n) is 6.72. The Morgan fingerprint density at radius 1 is 1.40 bits per heavy atom. The highest BCUT2D eigenvalue weighted by Crippen LogP contribution is 2.25. The second-order valence-electron chi connectivity index (χ2n) is 4.99. The standard InChI is InChI=1S/C13H21ClF3N3/c1-4-7-18-10(5-6-13(15,16)17)8-11-9(2)19-20(3)12(11)14/h10,18H,4-8H2,1-3H3. The van der Waals surface area contributed by atoms with E-state index in [0.717, 1.165) is 17.7 Å². The van der Waals surface area contributed by atoms with Crippen molar-refractivity contribution in [3.05, 3.63) is 16.4 Å². The molecule has 0 aliphatic rings. The van der Waals surface area contributed by atoms with Crippen molar-refractivity contribution in [3.63, 3.8) is 0 Å². The van der Waals surface area contributed by atoms with Crippen LogP contribution in [0.15, 0.2) is 0 Å². The molecule has 20 heavy (non-hydrogen) atoms. The van der Waals surface area contributed by atoms with Crippen LogP contribution in [0.3, 0.4) is 0 Å². The highest BCUT2D eigenvalue weighted by Gasteiger charge is 2.28. The van der Waals surface area contributed by atoms with Crippen molar-refractivity contribution >= 4 is 11.6 Å². The highest BCUT2D eigenvalue weighted by molar-refractivity contribution is 6.30. The van der Waals surface area contributed by atoms with Crippen LogP contribution < -0.4 is 5.32 Å². The molecule has 0 amide bonds. The van der Waals surface area contributed by atoms with Crippen LogP contribution in [-0.4, -0.2) is 28.5 Å². The number of aromatic nitrogens is 2. The first-order chi connectivity index (χ1) is 9.24. The van der Waals surface area contributed by atoms with Gasteiger partial charge in [0.25, 0.3) is 0 Å². The number of nitrogens with zero attached hydrogens (tertiary/aromatic N) is 2. The largest absolute Gasteiger partial charge is 0.389 e. The van der Waals surface area contributed by atoms with Crippen LogP contribution >= 0.6 is 11.6 Å². The number of alkyl halides is 3. The van der Waals surface area contributed by atoms with Crippen LogP contribution in [0.5, 0.6) is 0 Å². The summed E-state index contributed by atoms with van der Waals surface area (Å²) in [5, 5.41) is 7.84. The molecule has 1 aromatic rings. The molecule has 116 valence electrons. The lowest BCUT2D eigenvalue weighted by Crippen LogP contribution is -2.33. The van der Waals surface area contributed by atoms with Crippen molar-refractivity contribution in [2.75, 3.05) is 6.54 Å². The van der Waals surface area contributed by atoms with E-state index < -0.39 is 12.6 Å². The van der Waals surface area contributed by atoms with Gasteiger partial charge in [-0.1, -0.05) is 18.5 Å². The third-order valence-corrected chi connectivity index (χ3v) is 3.65. The van der Waals surface area contributed by atoms with Crippen molar-refractivity contribution in [2.24, 2.45) is 7.05 Å². The van der Waals surface area contributed by atoms with Crippen molar-refractivity contribution in [3.8, 4) is 0 Å². The Balaban J connectivity index is 2.73. The zero-order valence-corrected chi connectivity index (χ0v) is 12.8. The van der Waals surface area contributed by atoms with Gasteiger partial charge in [-0.15, -0.1) is 0 Å². The van der Waals surface area contributed by atoms with E-state index in [2.05, 4.69) is 10.4 Å². The van der Waals surface area contributed by atoms with E-state index in [1.807, 2.05) is 13.8 Å². The summed E-state index contributed by atoms with van der Waals surface area (Å²) in [6, 6.07) is -0.239. The van der Waals surface area contributed by atoms with Crippen molar-refractivity contribution in [2.45, 2.75) is 51.7 Å². The molecular formula is C13H21ClF3N3. The van der Waals surface area contributed by atoms with Crippen molar-refractivity contribution in [1.82, 2.24) is 15.1 Å². The topological polar surface area (TPSA) is 29.9 Å². The minimum atomic E-state index is -4.13. The number of halogens is 4. The summed E-state index contributed by atoms with van der Waals surface area (Å²) in [4.78, 5) is 0. The smallest absolute Gasteiger partial charge is 0.314 e. The number of aryl methyl sites for hydroxylation is 2. The summed E-state index contributed by atoms with van der Waals surface area (Å²) in [5.41, 5.74) is 1.60. The van der Waals surface area contributed by atoms with E-state index in [4.69, 9.17) is 11.6 Å². The van der Waals surface area contributed by atoms with Gasteiger partial charge in [0.15, 0.2) is 0 Å². The third kappa shape index (κ3) is 5.32. The minimum Gasteiger partial charge on any atom is -0.314 e. The Morgan fingerprint density at radius 2 is 2.05 bits per heavy atom. The van der Waals surface area contributed by atoms with Crippen LogP contribution in [0.1, 0.15) is 37.4 Å². The molecule has 7 heteroatoms. The Labute approximate surface area is 122 Å². The molecule has 0 saturated heterocycles. The van der Waals surface area contributed by atoms with E-state index >= 15 is 0 Å². The number of nitrogens with one attached hydrogen (secondary N) is 1. The molecule has 0 saturated carbocycles. The van der Waals surface area contributed by atoms with E-state index in [9.17, 15) is 13.2 Å². The molecule has 1 atom stereocenters. The molecule has 0 aliphatic carbocycles. The van der Waals surface area contributed by atoms with Gasteiger partial charge >= 0.3 is 6.18 Å². The zero-order valence-electron chi connectivity index (χ0n) is 12.0. The summed E-state index contributed by atoms with van der Waals surface area (Å²) in [6.45, 7) is 4.50. The molecule has 1 rings (SSSR count). The Kier molecular flexibility index (Phi) is 6.33. The van der Waals surface area contributed by atoms with Gasteiger partial charge in [0.1, 0.15) is 5.15 Å². The SMILES string of the molecule is CCCNC(CCC(F)(F)F)Cc1c(C)nn(C)c1Cl. The van der Waals surface area contributed by atoms with Gasteiger partial charge < -0.3 is 5.32 Å². The van der Waals surface area contributed by atoms with Gasteiger partial charge in [-0.25, -0.2) is 0 Å². The first kappa shape index (κ1) is 17.3. The van der Waals surface area contributed by atoms with Gasteiger partial charge in [0.05, 0.1) is 5.69 Å². The fourth-order valence-corrected chi connectivity index (χ4v) is 2.37. The van der Waals surface area contributed by atoms with Crippen molar-refractivity contribution in [1.29, 1.82) is 0 Å². The molecule has 0 bridgehead atoms. The summed E-state index contributed by atoms with van der Waals surface area (Å²) in [7, 11) is 1.73. The Hall–Kier alpha value is -0.750. The maximum atomic E-state index is 12.4. The van der Waals surface area contributed by atoms with Crippen LogP contribution in [-0.2, 0) is 13.5 Å². The van der Waals surface area contributed by atoms with Crippen LogP contribution in [0, 0.1) is 6.92 Å². The average Bonchev–Trinajstić information content (AvgIpc) is 2.57. The van der Waals surface area contributed by atoms with E-state index in [1.165, 1.54) is 0 Å². The number of hydrogen-bond donors (Lipinski definition) is 1. The minimum absolute atomic E-state index is 0.0498. The average molecular weight is 312 g/mol. The maximum absolute atomic E-state index is 12.4. The van der Waals surface area contributed by atoms with Gasteiger partial charge in [-0.2, -0.15) is 18.3 Å². The normalized spacial score (nSPS) is 13.8. The van der Waals surface area contributed by atoms with E-state index in [-0.39, 0.29) is 12.5 Å². The first-order valence-corrected chi connectivity index (χ1v) is 7.10. The molecule has 3 nitrogen and oxygen atoms in total. The molecule has 0 aliphatic heterocycles. The monoisotopic (exact) mass is 311 g/mol. The molecule has 0 fully saturated rings. The molecule has 0 aromatic carbocycles. The molecule has 1 aromatic heterocycles. The highest BCUT2D eigenvalue weighted by atomic mass is 35.5. The summed E-state index contributed by atoms with van der Waals surface area (Å²) < 4.78 is 38.7. The second-order valence-corrected chi connectivity index (χ2v) is 5.35. The fourth-order valence-electron chi connectivity index (χ4n) is 2.11. The molecule has 0 radical (unpaired) electrons. The van der Waals surface area contributed by atoms with E-state index in [0.29, 0.717) is 18.1 Å². The van der Waals surface area contributed by atoms with Crippen LogP contribution in [0.25, 0.3) is 0 Å². The maximum Gasteiger partial charge on any atom is 0.389 e. The Morgan fingerprint density at radius 3 is 2.50 bits per heavy atom. The fraction of sp³-hybridized carbons (Fsp3) is 0.769. The predicted octanol–water partition coefficient (Wildman–Crippen LogP) is 3.64. The summed E-state index contributed by atoms with van der Waals surface area (Å²) in [5.74, 6) is 0. The van der Waals surface area contributed by atoms with Crippen molar-refractivity contribution < 1.29 is 13.2 Å². The zero-order chi connectivity index (χ0) is 15.3. The lowest BCUT2D eigenvalue weighted by Gasteiger charge is -2.19. The quantitative estimate of drug-likeness (QED) is 0.833. The van der Waals surface area contributed by atoms with Crippen LogP contribution in [0.2, 0.25) is 5.15 Å². The molecule has 1 unspecified atom stereocenters. The lowest BCUT2D eigenvalue weighted by atomic mass is 10.0. The molecule has 1 heterocycles. The third-order valence-electron chi connectivity index (χ3n) is 3.18. The van der Waals surface area contributed by atoms with Gasteiger partial charge in [0, 0.05) is 25.1 Å². The molecular weight excluding hydrogens is 291 g/mol. The molecule has 0 spiro atoms. The van der Waals surface area contributed by atoms with E-state index in [1.54, 1.807) is 11.7 Å². The number of hydrogen-bond acceptors (Lipinski definition) is 2. The predicted molar refractivity (Wildman–Crippen MR) is 74.0 cm³/mol. The van der Waals surface area contributed by atoms with Gasteiger partial charge in [-0.05, 0) is 32.7 Å².